The third-order valence-electron chi connectivity index (χ3n) is 2.41. The molecule has 0 aliphatic carbocycles. The topological polar surface area (TPSA) is 47.7 Å². The van der Waals surface area contributed by atoms with Gasteiger partial charge in [0, 0.05) is 38.1 Å². The van der Waals surface area contributed by atoms with Crippen LogP contribution in [0.15, 0.2) is 24.7 Å². The smallest absolute Gasteiger partial charge is 0.257 e. The molecule has 1 N–H and O–H groups in total. The lowest BCUT2D eigenvalue weighted by molar-refractivity contribution is 0.121. The SMILES string of the molecule is Cn1cc(CNCc2ccn(CC(F)F)n2)cn1. The van der Waals surface area contributed by atoms with E-state index in [-0.39, 0.29) is 6.54 Å². The first-order valence-electron chi connectivity index (χ1n) is 5.62. The number of hydrogen-bond acceptors (Lipinski definition) is 3. The molecule has 0 aliphatic heterocycles. The summed E-state index contributed by atoms with van der Waals surface area (Å²) in [6.45, 7) is 0.864. The van der Waals surface area contributed by atoms with E-state index < -0.39 is 6.43 Å². The number of hydrogen-bond donors (Lipinski definition) is 1. The van der Waals surface area contributed by atoms with E-state index in [0.29, 0.717) is 13.1 Å². The van der Waals surface area contributed by atoms with Crippen molar-refractivity contribution in [3.63, 3.8) is 0 Å². The van der Waals surface area contributed by atoms with Crippen molar-refractivity contribution in [2.24, 2.45) is 7.05 Å². The molecule has 5 nitrogen and oxygen atoms in total. The lowest BCUT2D eigenvalue weighted by Crippen LogP contribution is -2.14. The van der Waals surface area contributed by atoms with Crippen molar-refractivity contribution in [2.45, 2.75) is 26.1 Å². The standard InChI is InChI=1S/C11H15F2N5/c1-17-7-9(5-15-17)4-14-6-10-2-3-18(16-10)8-11(12)13/h2-3,5,7,11,14H,4,6,8H2,1H3. The zero-order valence-electron chi connectivity index (χ0n) is 10.1. The minimum Gasteiger partial charge on any atom is -0.307 e. The van der Waals surface area contributed by atoms with Crippen LogP contribution < -0.4 is 5.32 Å². The Balaban J connectivity index is 1.78. The van der Waals surface area contributed by atoms with E-state index in [9.17, 15) is 8.78 Å². The molecule has 2 aromatic rings. The lowest BCUT2D eigenvalue weighted by atomic mass is 10.3. The van der Waals surface area contributed by atoms with E-state index in [0.717, 1.165) is 11.3 Å². The first kappa shape index (κ1) is 12.7. The first-order valence-corrected chi connectivity index (χ1v) is 5.62. The van der Waals surface area contributed by atoms with Crippen LogP contribution in [0, 0.1) is 0 Å². The summed E-state index contributed by atoms with van der Waals surface area (Å²) in [5.41, 5.74) is 1.82. The van der Waals surface area contributed by atoms with Crippen LogP contribution in [0.25, 0.3) is 0 Å². The van der Waals surface area contributed by atoms with Crippen LogP contribution in [0.5, 0.6) is 0 Å². The van der Waals surface area contributed by atoms with Gasteiger partial charge in [-0.25, -0.2) is 8.78 Å². The highest BCUT2D eigenvalue weighted by Gasteiger charge is 2.05. The Morgan fingerprint density at radius 1 is 1.39 bits per heavy atom. The molecule has 2 heterocycles. The predicted octanol–water partition coefficient (Wildman–Crippen LogP) is 1.17. The zero-order valence-corrected chi connectivity index (χ0v) is 10.1. The van der Waals surface area contributed by atoms with Gasteiger partial charge in [-0.15, -0.1) is 0 Å². The second kappa shape index (κ2) is 5.72. The Kier molecular flexibility index (Phi) is 4.03. The minimum absolute atomic E-state index is 0.359. The largest absolute Gasteiger partial charge is 0.307 e. The molecule has 0 saturated carbocycles. The van der Waals surface area contributed by atoms with Gasteiger partial charge in [-0.05, 0) is 6.07 Å². The van der Waals surface area contributed by atoms with Crippen molar-refractivity contribution in [1.82, 2.24) is 24.9 Å². The van der Waals surface area contributed by atoms with Crippen LogP contribution in [-0.4, -0.2) is 26.0 Å². The molecule has 0 spiro atoms. The summed E-state index contributed by atoms with van der Waals surface area (Å²) >= 11 is 0. The van der Waals surface area contributed by atoms with Crippen molar-refractivity contribution >= 4 is 0 Å². The van der Waals surface area contributed by atoms with Crippen LogP contribution in [0.1, 0.15) is 11.3 Å². The van der Waals surface area contributed by atoms with Crippen LogP contribution in [-0.2, 0) is 26.7 Å². The highest BCUT2D eigenvalue weighted by molar-refractivity contribution is 5.04. The number of nitrogens with zero attached hydrogens (tertiary/aromatic N) is 4. The normalized spacial score (nSPS) is 11.3. The van der Waals surface area contributed by atoms with Gasteiger partial charge in [-0.2, -0.15) is 10.2 Å². The van der Waals surface area contributed by atoms with Crippen LogP contribution in [0.3, 0.4) is 0 Å². The molecule has 98 valence electrons. The van der Waals surface area contributed by atoms with Crippen LogP contribution in [0.4, 0.5) is 8.78 Å². The molecule has 7 heteroatoms. The summed E-state index contributed by atoms with van der Waals surface area (Å²) < 4.78 is 27.2. The first-order chi connectivity index (χ1) is 8.63. The quantitative estimate of drug-likeness (QED) is 0.843. The highest BCUT2D eigenvalue weighted by Crippen LogP contribution is 2.01. The molecule has 18 heavy (non-hydrogen) atoms. The average Bonchev–Trinajstić information content (AvgIpc) is 2.88. The second-order valence-electron chi connectivity index (χ2n) is 4.05. The van der Waals surface area contributed by atoms with Crippen molar-refractivity contribution < 1.29 is 8.78 Å². The van der Waals surface area contributed by atoms with Gasteiger partial charge in [0.1, 0.15) is 6.54 Å². The maximum absolute atomic E-state index is 12.1. The van der Waals surface area contributed by atoms with E-state index >= 15 is 0 Å². The Morgan fingerprint density at radius 3 is 2.89 bits per heavy atom. The molecule has 2 aromatic heterocycles. The minimum atomic E-state index is -2.37. The molecule has 0 fully saturated rings. The highest BCUT2D eigenvalue weighted by atomic mass is 19.3. The van der Waals surface area contributed by atoms with Crippen molar-refractivity contribution in [3.8, 4) is 0 Å². The zero-order chi connectivity index (χ0) is 13.0. The summed E-state index contributed by atoms with van der Waals surface area (Å²) in [5, 5.41) is 11.3. The molecule has 0 aliphatic rings. The summed E-state index contributed by atoms with van der Waals surface area (Å²) in [7, 11) is 1.86. The number of aryl methyl sites for hydroxylation is 1. The van der Waals surface area contributed by atoms with Gasteiger partial charge in [0.25, 0.3) is 6.43 Å². The van der Waals surface area contributed by atoms with E-state index in [2.05, 4.69) is 15.5 Å². The van der Waals surface area contributed by atoms with E-state index in [1.54, 1.807) is 23.1 Å². The molecule has 0 amide bonds. The third-order valence-corrected chi connectivity index (χ3v) is 2.41. The van der Waals surface area contributed by atoms with Crippen LogP contribution in [0.2, 0.25) is 0 Å². The van der Waals surface area contributed by atoms with Gasteiger partial charge in [0.15, 0.2) is 0 Å². The average molecular weight is 255 g/mol. The van der Waals surface area contributed by atoms with Gasteiger partial charge in [-0.1, -0.05) is 0 Å². The molecule has 0 radical (unpaired) electrons. The van der Waals surface area contributed by atoms with Gasteiger partial charge < -0.3 is 5.32 Å². The number of aromatic nitrogens is 4. The maximum atomic E-state index is 12.1. The third kappa shape index (κ3) is 3.63. The van der Waals surface area contributed by atoms with Gasteiger partial charge in [0.05, 0.1) is 11.9 Å². The van der Waals surface area contributed by atoms with Crippen molar-refractivity contribution in [1.29, 1.82) is 0 Å². The van der Waals surface area contributed by atoms with E-state index in [1.807, 2.05) is 13.2 Å². The van der Waals surface area contributed by atoms with Crippen molar-refractivity contribution in [2.75, 3.05) is 0 Å². The summed E-state index contributed by atoms with van der Waals surface area (Å²) in [5.74, 6) is 0. The van der Waals surface area contributed by atoms with Gasteiger partial charge >= 0.3 is 0 Å². The number of halogens is 2. The van der Waals surface area contributed by atoms with Gasteiger partial charge in [-0.3, -0.25) is 9.36 Å². The molecule has 0 saturated heterocycles. The summed E-state index contributed by atoms with van der Waals surface area (Å²) in [6, 6.07) is 1.73. The fourth-order valence-electron chi connectivity index (χ4n) is 1.64. The fraction of sp³-hybridized carbons (Fsp3) is 0.455. The molecule has 0 aromatic carbocycles. The van der Waals surface area contributed by atoms with E-state index in [4.69, 9.17) is 0 Å². The summed E-state index contributed by atoms with van der Waals surface area (Å²) in [4.78, 5) is 0. The monoisotopic (exact) mass is 255 g/mol. The fourth-order valence-corrected chi connectivity index (χ4v) is 1.64. The Hall–Kier alpha value is -1.76. The number of nitrogens with one attached hydrogen (secondary N) is 1. The van der Waals surface area contributed by atoms with E-state index in [1.165, 1.54) is 4.68 Å². The molecule has 2 rings (SSSR count). The number of alkyl halides is 2. The Labute approximate surface area is 103 Å². The Bertz CT molecular complexity index is 491. The van der Waals surface area contributed by atoms with Crippen molar-refractivity contribution in [3.05, 3.63) is 35.9 Å². The molecular formula is C11H15F2N5. The molecule has 0 atom stereocenters. The Morgan fingerprint density at radius 2 is 2.22 bits per heavy atom. The summed E-state index contributed by atoms with van der Waals surface area (Å²) in [6.07, 6.45) is 2.89. The maximum Gasteiger partial charge on any atom is 0.257 e. The lowest BCUT2D eigenvalue weighted by Gasteiger charge is -2.01. The molecule has 0 bridgehead atoms. The molecular weight excluding hydrogens is 240 g/mol. The molecule has 0 unspecified atom stereocenters. The second-order valence-corrected chi connectivity index (χ2v) is 4.05. The van der Waals surface area contributed by atoms with Crippen LogP contribution >= 0.6 is 0 Å². The number of rotatable bonds is 6. The predicted molar refractivity (Wildman–Crippen MR) is 62.0 cm³/mol. The van der Waals surface area contributed by atoms with Gasteiger partial charge in [0.2, 0.25) is 0 Å².